The largest absolute Gasteiger partial charge is 0.409 e. The highest BCUT2D eigenvalue weighted by atomic mass is 35.5. The molecule has 1 heterocycles. The Bertz CT molecular complexity index is 617. The van der Waals surface area contributed by atoms with Gasteiger partial charge in [0, 0.05) is 16.8 Å². The third-order valence-corrected chi connectivity index (χ3v) is 2.89. The Kier molecular flexibility index (Phi) is 4.92. The zero-order chi connectivity index (χ0) is 14.4. The number of hydrogen-bond acceptors (Lipinski definition) is 4. The predicted molar refractivity (Wildman–Crippen MR) is 76.7 cm³/mol. The van der Waals surface area contributed by atoms with E-state index >= 15 is 0 Å². The first-order valence-electron chi connectivity index (χ1n) is 5.94. The SMILES string of the molecule is NC(=NO)c1ncccc1COCc1cccc(Cl)c1. The average molecular weight is 292 g/mol. The summed E-state index contributed by atoms with van der Waals surface area (Å²) < 4.78 is 5.61. The standard InChI is InChI=1S/C14H14ClN3O2/c15-12-5-1-3-10(7-12)8-20-9-11-4-2-6-17-13(11)14(16)18-19/h1-7,19H,8-9H2,(H2,16,18). The van der Waals surface area contributed by atoms with Gasteiger partial charge in [-0.25, -0.2) is 0 Å². The van der Waals surface area contributed by atoms with Crippen LogP contribution >= 0.6 is 11.6 Å². The van der Waals surface area contributed by atoms with Crippen LogP contribution in [0.3, 0.4) is 0 Å². The first-order chi connectivity index (χ1) is 9.70. The van der Waals surface area contributed by atoms with E-state index in [1.807, 2.05) is 30.3 Å². The van der Waals surface area contributed by atoms with Crippen molar-refractivity contribution >= 4 is 17.4 Å². The van der Waals surface area contributed by atoms with Gasteiger partial charge in [0.2, 0.25) is 0 Å². The van der Waals surface area contributed by atoms with Gasteiger partial charge in [0.05, 0.1) is 13.2 Å². The third-order valence-electron chi connectivity index (χ3n) is 2.66. The molecule has 0 saturated heterocycles. The molecule has 0 spiro atoms. The fourth-order valence-corrected chi connectivity index (χ4v) is 1.95. The van der Waals surface area contributed by atoms with Gasteiger partial charge in [0.1, 0.15) is 5.69 Å². The van der Waals surface area contributed by atoms with E-state index in [9.17, 15) is 0 Å². The van der Waals surface area contributed by atoms with Crippen molar-refractivity contribution in [3.8, 4) is 0 Å². The van der Waals surface area contributed by atoms with E-state index in [1.165, 1.54) is 0 Å². The molecule has 0 saturated carbocycles. The van der Waals surface area contributed by atoms with Crippen molar-refractivity contribution in [1.29, 1.82) is 0 Å². The van der Waals surface area contributed by atoms with Gasteiger partial charge in [0.15, 0.2) is 5.84 Å². The maximum absolute atomic E-state index is 8.71. The fraction of sp³-hybridized carbons (Fsp3) is 0.143. The maximum Gasteiger partial charge on any atom is 0.189 e. The summed E-state index contributed by atoms with van der Waals surface area (Å²) >= 11 is 5.90. The number of nitrogens with two attached hydrogens (primary N) is 1. The molecule has 1 aromatic carbocycles. The Morgan fingerprint density at radius 2 is 2.15 bits per heavy atom. The number of nitrogens with zero attached hydrogens (tertiary/aromatic N) is 2. The molecule has 20 heavy (non-hydrogen) atoms. The summed E-state index contributed by atoms with van der Waals surface area (Å²) in [6, 6.07) is 11.0. The van der Waals surface area contributed by atoms with Gasteiger partial charge in [-0.1, -0.05) is 35.0 Å². The molecule has 5 nitrogen and oxygen atoms in total. The second kappa shape index (κ2) is 6.88. The molecule has 1 aromatic heterocycles. The lowest BCUT2D eigenvalue weighted by molar-refractivity contribution is 0.107. The van der Waals surface area contributed by atoms with Gasteiger partial charge in [-0.05, 0) is 23.8 Å². The Morgan fingerprint density at radius 3 is 2.90 bits per heavy atom. The van der Waals surface area contributed by atoms with E-state index in [2.05, 4.69) is 10.1 Å². The summed E-state index contributed by atoms with van der Waals surface area (Å²) in [5.41, 5.74) is 7.71. The Morgan fingerprint density at radius 1 is 1.30 bits per heavy atom. The normalized spacial score (nSPS) is 11.6. The first-order valence-corrected chi connectivity index (χ1v) is 6.32. The fourth-order valence-electron chi connectivity index (χ4n) is 1.74. The van der Waals surface area contributed by atoms with Crippen LogP contribution in [0.4, 0.5) is 0 Å². The molecule has 0 unspecified atom stereocenters. The van der Waals surface area contributed by atoms with Gasteiger partial charge in [-0.2, -0.15) is 0 Å². The topological polar surface area (TPSA) is 80.7 Å². The quantitative estimate of drug-likeness (QED) is 0.384. The smallest absolute Gasteiger partial charge is 0.189 e. The van der Waals surface area contributed by atoms with Crippen LogP contribution in [0.25, 0.3) is 0 Å². The van der Waals surface area contributed by atoms with Gasteiger partial charge in [-0.3, -0.25) is 4.98 Å². The molecule has 0 radical (unpaired) electrons. The number of amidine groups is 1. The van der Waals surface area contributed by atoms with E-state index in [0.717, 1.165) is 11.1 Å². The first kappa shape index (κ1) is 14.3. The van der Waals surface area contributed by atoms with Crippen LogP contribution in [0.15, 0.2) is 47.8 Å². The highest BCUT2D eigenvalue weighted by molar-refractivity contribution is 6.30. The van der Waals surface area contributed by atoms with E-state index in [0.29, 0.717) is 23.9 Å². The number of ether oxygens (including phenoxy) is 1. The van der Waals surface area contributed by atoms with Crippen molar-refractivity contribution < 1.29 is 9.94 Å². The Balaban J connectivity index is 2.01. The van der Waals surface area contributed by atoms with Crippen LogP contribution in [-0.4, -0.2) is 16.0 Å². The van der Waals surface area contributed by atoms with Crippen molar-refractivity contribution in [2.75, 3.05) is 0 Å². The van der Waals surface area contributed by atoms with Crippen molar-refractivity contribution in [3.63, 3.8) is 0 Å². The number of oxime groups is 1. The highest BCUT2D eigenvalue weighted by Gasteiger charge is 2.08. The molecular weight excluding hydrogens is 278 g/mol. The Labute approximate surface area is 121 Å². The van der Waals surface area contributed by atoms with Crippen LogP contribution in [0, 0.1) is 0 Å². The van der Waals surface area contributed by atoms with E-state index in [-0.39, 0.29) is 5.84 Å². The molecule has 0 aliphatic carbocycles. The molecule has 104 valence electrons. The zero-order valence-corrected chi connectivity index (χ0v) is 11.4. The van der Waals surface area contributed by atoms with Gasteiger partial charge in [-0.15, -0.1) is 0 Å². The van der Waals surface area contributed by atoms with E-state index in [4.69, 9.17) is 27.3 Å². The van der Waals surface area contributed by atoms with Crippen LogP contribution in [0.2, 0.25) is 5.02 Å². The lowest BCUT2D eigenvalue weighted by atomic mass is 10.2. The van der Waals surface area contributed by atoms with Gasteiger partial charge in [0.25, 0.3) is 0 Å². The number of hydrogen-bond donors (Lipinski definition) is 2. The molecule has 0 aliphatic rings. The van der Waals surface area contributed by atoms with E-state index < -0.39 is 0 Å². The molecule has 6 heteroatoms. The van der Waals surface area contributed by atoms with Gasteiger partial charge >= 0.3 is 0 Å². The number of halogens is 1. The summed E-state index contributed by atoms with van der Waals surface area (Å²) in [5, 5.41) is 12.3. The van der Waals surface area contributed by atoms with Gasteiger partial charge < -0.3 is 15.7 Å². The summed E-state index contributed by atoms with van der Waals surface area (Å²) in [6.45, 7) is 0.733. The maximum atomic E-state index is 8.71. The number of benzene rings is 1. The molecule has 2 rings (SSSR count). The molecule has 0 atom stereocenters. The zero-order valence-electron chi connectivity index (χ0n) is 10.7. The molecule has 3 N–H and O–H groups in total. The van der Waals surface area contributed by atoms with Crippen molar-refractivity contribution in [2.45, 2.75) is 13.2 Å². The Hall–Kier alpha value is -2.11. The lowest BCUT2D eigenvalue weighted by Gasteiger charge is -2.08. The third kappa shape index (κ3) is 3.69. The van der Waals surface area contributed by atoms with Crippen molar-refractivity contribution in [2.24, 2.45) is 10.9 Å². The minimum Gasteiger partial charge on any atom is -0.409 e. The number of pyridine rings is 1. The van der Waals surface area contributed by atoms with Crippen LogP contribution in [-0.2, 0) is 18.0 Å². The molecule has 2 aromatic rings. The molecular formula is C14H14ClN3O2. The molecule has 0 fully saturated rings. The highest BCUT2D eigenvalue weighted by Crippen LogP contribution is 2.13. The minimum atomic E-state index is -0.0352. The monoisotopic (exact) mass is 291 g/mol. The number of aromatic nitrogens is 1. The summed E-state index contributed by atoms with van der Waals surface area (Å²) in [5.74, 6) is -0.0352. The molecule has 0 aliphatic heterocycles. The molecule has 0 amide bonds. The lowest BCUT2D eigenvalue weighted by Crippen LogP contribution is -2.17. The van der Waals surface area contributed by atoms with Crippen LogP contribution < -0.4 is 5.73 Å². The summed E-state index contributed by atoms with van der Waals surface area (Å²) in [6.07, 6.45) is 1.58. The number of rotatable bonds is 5. The molecule has 0 bridgehead atoms. The van der Waals surface area contributed by atoms with Crippen molar-refractivity contribution in [3.05, 3.63) is 64.4 Å². The predicted octanol–water partition coefficient (Wildman–Crippen LogP) is 2.55. The summed E-state index contributed by atoms with van der Waals surface area (Å²) in [7, 11) is 0. The second-order valence-corrected chi connectivity index (χ2v) is 4.56. The second-order valence-electron chi connectivity index (χ2n) is 4.12. The van der Waals surface area contributed by atoms with Crippen LogP contribution in [0.1, 0.15) is 16.8 Å². The summed E-state index contributed by atoms with van der Waals surface area (Å²) in [4.78, 5) is 4.07. The minimum absolute atomic E-state index is 0.0352. The van der Waals surface area contributed by atoms with E-state index in [1.54, 1.807) is 12.3 Å². The average Bonchev–Trinajstić information content (AvgIpc) is 2.47. The van der Waals surface area contributed by atoms with Crippen LogP contribution in [0.5, 0.6) is 0 Å². The van der Waals surface area contributed by atoms with Crippen molar-refractivity contribution in [1.82, 2.24) is 4.98 Å².